The maximum absolute atomic E-state index is 12.8. The summed E-state index contributed by atoms with van der Waals surface area (Å²) in [6, 6.07) is 20.1. The second kappa shape index (κ2) is 8.03. The van der Waals surface area contributed by atoms with Crippen molar-refractivity contribution in [2.75, 3.05) is 12.0 Å². The van der Waals surface area contributed by atoms with Gasteiger partial charge in [0.15, 0.2) is 0 Å². The van der Waals surface area contributed by atoms with Gasteiger partial charge in [0, 0.05) is 17.1 Å². The fourth-order valence-electron chi connectivity index (χ4n) is 3.43. The number of methoxy groups -OCH3 is 1. The van der Waals surface area contributed by atoms with E-state index in [1.807, 2.05) is 48.5 Å². The highest BCUT2D eigenvalue weighted by molar-refractivity contribution is 6.30. The predicted octanol–water partition coefficient (Wildman–Crippen LogP) is 7.05. The summed E-state index contributed by atoms with van der Waals surface area (Å²) in [6.45, 7) is 0. The molecule has 1 fully saturated rings. The number of hydrogen-bond donors (Lipinski definition) is 0. The normalized spacial score (nSPS) is 17.7. The van der Waals surface area contributed by atoms with E-state index in [4.69, 9.17) is 16.3 Å². The SMILES string of the molecule is COc1ccc(N2/C(=N/c3ccc(C(F)(F)F)cc3)CC2c2ccc(Cl)cc2)cc1. The van der Waals surface area contributed by atoms with Gasteiger partial charge in [-0.2, -0.15) is 13.2 Å². The first-order valence-electron chi connectivity index (χ1n) is 9.29. The van der Waals surface area contributed by atoms with Crippen LogP contribution in [0.1, 0.15) is 23.6 Å². The number of alkyl halides is 3. The number of ether oxygens (including phenoxy) is 1. The number of aliphatic imine (C=N–C) groups is 1. The third-order valence-corrected chi connectivity index (χ3v) is 5.28. The molecule has 0 N–H and O–H groups in total. The largest absolute Gasteiger partial charge is 0.497 e. The molecule has 0 bridgehead atoms. The van der Waals surface area contributed by atoms with Gasteiger partial charge in [-0.15, -0.1) is 0 Å². The monoisotopic (exact) mass is 430 g/mol. The Labute approximate surface area is 177 Å². The lowest BCUT2D eigenvalue weighted by Crippen LogP contribution is -2.46. The fraction of sp³-hybridized carbons (Fsp3) is 0.174. The zero-order chi connectivity index (χ0) is 21.3. The summed E-state index contributed by atoms with van der Waals surface area (Å²) >= 11 is 6.01. The van der Waals surface area contributed by atoms with Crippen molar-refractivity contribution in [3.05, 3.63) is 88.9 Å². The van der Waals surface area contributed by atoms with E-state index in [1.54, 1.807) is 7.11 Å². The number of nitrogens with zero attached hydrogens (tertiary/aromatic N) is 2. The molecule has 1 heterocycles. The Hall–Kier alpha value is -2.99. The van der Waals surface area contributed by atoms with Crippen molar-refractivity contribution in [2.24, 2.45) is 4.99 Å². The minimum absolute atomic E-state index is 0.0591. The van der Waals surface area contributed by atoms with Crippen molar-refractivity contribution in [1.82, 2.24) is 0 Å². The molecular weight excluding hydrogens is 413 g/mol. The molecule has 4 rings (SSSR count). The molecule has 3 nitrogen and oxygen atoms in total. The summed E-state index contributed by atoms with van der Waals surface area (Å²) in [5.74, 6) is 1.52. The molecular formula is C23H18ClF3N2O. The second-order valence-corrected chi connectivity index (χ2v) is 7.35. The number of amidine groups is 1. The maximum Gasteiger partial charge on any atom is 0.416 e. The molecule has 3 aromatic carbocycles. The van der Waals surface area contributed by atoms with Crippen molar-refractivity contribution in [2.45, 2.75) is 18.6 Å². The number of halogens is 4. The first kappa shape index (κ1) is 20.3. The summed E-state index contributed by atoms with van der Waals surface area (Å²) in [4.78, 5) is 6.67. The quantitative estimate of drug-likeness (QED) is 0.443. The lowest BCUT2D eigenvalue weighted by Gasteiger charge is -2.44. The van der Waals surface area contributed by atoms with Crippen LogP contribution in [0.5, 0.6) is 5.75 Å². The first-order valence-corrected chi connectivity index (χ1v) is 9.66. The molecule has 1 saturated heterocycles. The van der Waals surface area contributed by atoms with Crippen LogP contribution in [0, 0.1) is 0 Å². The van der Waals surface area contributed by atoms with Crippen LogP contribution in [0.4, 0.5) is 24.5 Å². The average molecular weight is 431 g/mol. The van der Waals surface area contributed by atoms with Gasteiger partial charge in [-0.05, 0) is 66.2 Å². The molecule has 0 amide bonds. The van der Waals surface area contributed by atoms with Gasteiger partial charge in [-0.1, -0.05) is 23.7 Å². The van der Waals surface area contributed by atoms with Gasteiger partial charge in [0.25, 0.3) is 0 Å². The predicted molar refractivity (Wildman–Crippen MR) is 113 cm³/mol. The number of anilines is 1. The zero-order valence-corrected chi connectivity index (χ0v) is 16.8. The van der Waals surface area contributed by atoms with Crippen LogP contribution in [0.2, 0.25) is 5.02 Å². The molecule has 1 aliphatic rings. The minimum Gasteiger partial charge on any atom is -0.497 e. The van der Waals surface area contributed by atoms with Crippen LogP contribution in [0.15, 0.2) is 77.8 Å². The molecule has 30 heavy (non-hydrogen) atoms. The Balaban J connectivity index is 1.66. The summed E-state index contributed by atoms with van der Waals surface area (Å²) in [6.07, 6.45) is -3.70. The van der Waals surface area contributed by atoms with E-state index >= 15 is 0 Å². The molecule has 7 heteroatoms. The smallest absolute Gasteiger partial charge is 0.416 e. The van der Waals surface area contributed by atoms with E-state index in [9.17, 15) is 13.2 Å². The van der Waals surface area contributed by atoms with Gasteiger partial charge in [-0.25, -0.2) is 4.99 Å². The van der Waals surface area contributed by atoms with Crippen LogP contribution >= 0.6 is 11.6 Å². The van der Waals surface area contributed by atoms with E-state index < -0.39 is 11.7 Å². The van der Waals surface area contributed by atoms with E-state index in [2.05, 4.69) is 9.89 Å². The van der Waals surface area contributed by atoms with Crippen LogP contribution in [-0.4, -0.2) is 12.9 Å². The highest BCUT2D eigenvalue weighted by Gasteiger charge is 2.36. The molecule has 0 spiro atoms. The highest BCUT2D eigenvalue weighted by Crippen LogP contribution is 2.41. The van der Waals surface area contributed by atoms with Crippen molar-refractivity contribution in [3.8, 4) is 5.75 Å². The standard InChI is InChI=1S/C23H18ClF3N2O/c1-30-20-12-10-19(11-13-20)29-21(15-2-6-17(24)7-3-15)14-22(29)28-18-8-4-16(5-9-18)23(25,26)27/h2-13,21H,14H2,1H3/b28-22+. The Morgan fingerprint density at radius 1 is 0.933 bits per heavy atom. The summed E-state index contributed by atoms with van der Waals surface area (Å²) in [7, 11) is 1.60. The van der Waals surface area contributed by atoms with Crippen LogP contribution in [0.25, 0.3) is 0 Å². The lowest BCUT2D eigenvalue weighted by atomic mass is 9.92. The van der Waals surface area contributed by atoms with Crippen molar-refractivity contribution < 1.29 is 17.9 Å². The molecule has 154 valence electrons. The van der Waals surface area contributed by atoms with Gasteiger partial charge in [0.05, 0.1) is 24.4 Å². The highest BCUT2D eigenvalue weighted by atomic mass is 35.5. The van der Waals surface area contributed by atoms with E-state index in [0.717, 1.165) is 35.0 Å². The second-order valence-electron chi connectivity index (χ2n) is 6.91. The average Bonchev–Trinajstić information content (AvgIpc) is 2.72. The first-order chi connectivity index (χ1) is 14.3. The number of benzene rings is 3. The summed E-state index contributed by atoms with van der Waals surface area (Å²) < 4.78 is 43.7. The van der Waals surface area contributed by atoms with Gasteiger partial charge in [-0.3, -0.25) is 0 Å². The number of rotatable bonds is 4. The van der Waals surface area contributed by atoms with Crippen molar-refractivity contribution in [1.29, 1.82) is 0 Å². The molecule has 0 saturated carbocycles. The third-order valence-electron chi connectivity index (χ3n) is 5.02. The van der Waals surface area contributed by atoms with Gasteiger partial charge >= 0.3 is 6.18 Å². The Morgan fingerprint density at radius 2 is 1.57 bits per heavy atom. The van der Waals surface area contributed by atoms with Crippen LogP contribution in [0.3, 0.4) is 0 Å². The van der Waals surface area contributed by atoms with E-state index in [1.165, 1.54) is 12.1 Å². The molecule has 1 unspecified atom stereocenters. The Kier molecular flexibility index (Phi) is 5.43. The van der Waals surface area contributed by atoms with Gasteiger partial charge in [0.2, 0.25) is 0 Å². The molecule has 1 aliphatic heterocycles. The Bertz CT molecular complexity index is 1050. The fourth-order valence-corrected chi connectivity index (χ4v) is 3.55. The van der Waals surface area contributed by atoms with Crippen molar-refractivity contribution >= 4 is 28.8 Å². The molecule has 1 atom stereocenters. The third kappa shape index (κ3) is 4.14. The zero-order valence-electron chi connectivity index (χ0n) is 16.0. The van der Waals surface area contributed by atoms with Crippen LogP contribution < -0.4 is 9.64 Å². The number of hydrogen-bond acceptors (Lipinski definition) is 2. The van der Waals surface area contributed by atoms with Gasteiger partial charge < -0.3 is 9.64 Å². The maximum atomic E-state index is 12.8. The van der Waals surface area contributed by atoms with Gasteiger partial charge in [0.1, 0.15) is 11.6 Å². The molecule has 0 aliphatic carbocycles. The topological polar surface area (TPSA) is 24.8 Å². The molecule has 3 aromatic rings. The molecule has 0 aromatic heterocycles. The van der Waals surface area contributed by atoms with E-state index in [-0.39, 0.29) is 6.04 Å². The molecule has 0 radical (unpaired) electrons. The van der Waals surface area contributed by atoms with Crippen molar-refractivity contribution in [3.63, 3.8) is 0 Å². The van der Waals surface area contributed by atoms with Crippen LogP contribution in [-0.2, 0) is 6.18 Å². The minimum atomic E-state index is -4.36. The van der Waals surface area contributed by atoms with E-state index in [0.29, 0.717) is 17.1 Å². The Morgan fingerprint density at radius 3 is 2.13 bits per heavy atom. The lowest BCUT2D eigenvalue weighted by molar-refractivity contribution is -0.137. The summed E-state index contributed by atoms with van der Waals surface area (Å²) in [5, 5.41) is 0.660. The summed E-state index contributed by atoms with van der Waals surface area (Å²) in [5.41, 5.74) is 1.80.